The standard InChI is InChI=1S/C10H11NO2/c12-6-11-10-8-4-2-1-3-7(8)5-9(10)13/h1-4,6,9-10,13H,5H2,(H,11,12). The summed E-state index contributed by atoms with van der Waals surface area (Å²) in [6.07, 6.45) is 0.778. The zero-order chi connectivity index (χ0) is 9.26. The molecule has 0 saturated carbocycles. The van der Waals surface area contributed by atoms with Gasteiger partial charge in [-0.15, -0.1) is 0 Å². The molecular formula is C10H11NO2. The maximum Gasteiger partial charge on any atom is 0.207 e. The van der Waals surface area contributed by atoms with Gasteiger partial charge >= 0.3 is 0 Å². The van der Waals surface area contributed by atoms with Crippen LogP contribution in [0.3, 0.4) is 0 Å². The predicted octanol–water partition coefficient (Wildman–Crippen LogP) is 0.391. The van der Waals surface area contributed by atoms with Crippen LogP contribution in [0.5, 0.6) is 0 Å². The van der Waals surface area contributed by atoms with Crippen LogP contribution in [0.25, 0.3) is 0 Å². The van der Waals surface area contributed by atoms with Gasteiger partial charge in [0, 0.05) is 6.42 Å². The highest BCUT2D eigenvalue weighted by Crippen LogP contribution is 2.30. The van der Waals surface area contributed by atoms with E-state index in [0.29, 0.717) is 12.8 Å². The molecule has 3 heteroatoms. The highest BCUT2D eigenvalue weighted by molar-refractivity contribution is 5.50. The number of carbonyl (C=O) groups is 1. The van der Waals surface area contributed by atoms with Gasteiger partial charge < -0.3 is 10.4 Å². The Kier molecular flexibility index (Phi) is 2.02. The summed E-state index contributed by atoms with van der Waals surface area (Å²) in [5.41, 5.74) is 2.15. The zero-order valence-corrected chi connectivity index (χ0v) is 7.10. The highest BCUT2D eigenvalue weighted by Gasteiger charge is 2.29. The number of aliphatic hydroxyl groups is 1. The third-order valence-electron chi connectivity index (χ3n) is 2.45. The molecule has 1 aliphatic rings. The van der Waals surface area contributed by atoms with Crippen molar-refractivity contribution in [1.82, 2.24) is 5.32 Å². The lowest BCUT2D eigenvalue weighted by Gasteiger charge is -2.13. The quantitative estimate of drug-likeness (QED) is 0.642. The minimum absolute atomic E-state index is 0.228. The average molecular weight is 177 g/mol. The Bertz CT molecular complexity index is 324. The molecule has 13 heavy (non-hydrogen) atoms. The van der Waals surface area contributed by atoms with Crippen LogP contribution in [0.4, 0.5) is 0 Å². The Morgan fingerprint density at radius 3 is 3.00 bits per heavy atom. The largest absolute Gasteiger partial charge is 0.390 e. The molecule has 2 atom stereocenters. The molecule has 0 heterocycles. The molecular weight excluding hydrogens is 166 g/mol. The molecule has 0 saturated heterocycles. The van der Waals surface area contributed by atoms with Crippen LogP contribution < -0.4 is 5.32 Å². The van der Waals surface area contributed by atoms with E-state index in [9.17, 15) is 9.90 Å². The fourth-order valence-corrected chi connectivity index (χ4v) is 1.85. The molecule has 0 aromatic heterocycles. The third kappa shape index (κ3) is 1.31. The fraction of sp³-hybridized carbons (Fsp3) is 0.300. The zero-order valence-electron chi connectivity index (χ0n) is 7.10. The third-order valence-corrected chi connectivity index (χ3v) is 2.45. The van der Waals surface area contributed by atoms with Gasteiger partial charge in [0.15, 0.2) is 0 Å². The van der Waals surface area contributed by atoms with E-state index < -0.39 is 6.10 Å². The van der Waals surface area contributed by atoms with Crippen LogP contribution in [0, 0.1) is 0 Å². The number of benzene rings is 1. The minimum atomic E-state index is -0.484. The van der Waals surface area contributed by atoms with Crippen molar-refractivity contribution >= 4 is 6.41 Å². The molecule has 0 radical (unpaired) electrons. The lowest BCUT2D eigenvalue weighted by Crippen LogP contribution is -2.27. The Labute approximate surface area is 76.4 Å². The Morgan fingerprint density at radius 2 is 2.23 bits per heavy atom. The van der Waals surface area contributed by atoms with E-state index in [1.54, 1.807) is 0 Å². The number of nitrogens with one attached hydrogen (secondary N) is 1. The lowest BCUT2D eigenvalue weighted by molar-refractivity contribution is -0.110. The second-order valence-electron chi connectivity index (χ2n) is 3.23. The lowest BCUT2D eigenvalue weighted by atomic mass is 10.1. The van der Waals surface area contributed by atoms with Gasteiger partial charge in [0.1, 0.15) is 0 Å². The molecule has 2 N–H and O–H groups in total. The van der Waals surface area contributed by atoms with Crippen molar-refractivity contribution in [3.8, 4) is 0 Å². The molecule has 0 aliphatic heterocycles. The first-order valence-electron chi connectivity index (χ1n) is 4.28. The van der Waals surface area contributed by atoms with Crippen LogP contribution in [-0.4, -0.2) is 17.6 Å². The number of rotatable bonds is 2. The molecule has 1 aromatic rings. The van der Waals surface area contributed by atoms with Crippen LogP contribution in [0.2, 0.25) is 0 Å². The van der Waals surface area contributed by atoms with Crippen molar-refractivity contribution in [3.63, 3.8) is 0 Å². The number of hydrogen-bond acceptors (Lipinski definition) is 2. The van der Waals surface area contributed by atoms with Crippen LogP contribution >= 0.6 is 0 Å². The maximum absolute atomic E-state index is 10.3. The molecule has 0 bridgehead atoms. The number of amides is 1. The SMILES string of the molecule is O=CNC1c2ccccc2CC1O. The number of aliphatic hydroxyl groups excluding tert-OH is 1. The summed E-state index contributed by atoms with van der Waals surface area (Å²) in [5, 5.41) is 12.2. The van der Waals surface area contributed by atoms with Crippen molar-refractivity contribution < 1.29 is 9.90 Å². The summed E-state index contributed by atoms with van der Waals surface area (Å²) in [6.45, 7) is 0. The summed E-state index contributed by atoms with van der Waals surface area (Å²) in [5.74, 6) is 0. The van der Waals surface area contributed by atoms with Gasteiger partial charge in [0.05, 0.1) is 12.1 Å². The molecule has 1 aromatic carbocycles. The molecule has 0 fully saturated rings. The molecule has 2 rings (SSSR count). The van der Waals surface area contributed by atoms with Crippen LogP contribution in [0.1, 0.15) is 17.2 Å². The van der Waals surface area contributed by atoms with Crippen molar-refractivity contribution in [2.24, 2.45) is 0 Å². The number of fused-ring (bicyclic) bond motifs is 1. The minimum Gasteiger partial charge on any atom is -0.390 e. The van der Waals surface area contributed by atoms with Gasteiger partial charge in [-0.1, -0.05) is 24.3 Å². The molecule has 68 valence electrons. The maximum atomic E-state index is 10.3. The van der Waals surface area contributed by atoms with E-state index in [1.165, 1.54) is 0 Å². The second-order valence-corrected chi connectivity index (χ2v) is 3.23. The van der Waals surface area contributed by atoms with Gasteiger partial charge in [-0.2, -0.15) is 0 Å². The predicted molar refractivity (Wildman–Crippen MR) is 48.1 cm³/mol. The summed E-state index contributed by atoms with van der Waals surface area (Å²) in [7, 11) is 0. The van der Waals surface area contributed by atoms with Crippen LogP contribution in [-0.2, 0) is 11.2 Å². The average Bonchev–Trinajstić information content (AvgIpc) is 2.44. The van der Waals surface area contributed by atoms with Crippen molar-refractivity contribution in [3.05, 3.63) is 35.4 Å². The van der Waals surface area contributed by atoms with Gasteiger partial charge in [0.25, 0.3) is 0 Å². The first kappa shape index (κ1) is 8.26. The molecule has 0 spiro atoms. The summed E-state index contributed by atoms with van der Waals surface area (Å²) in [4.78, 5) is 10.3. The Balaban J connectivity index is 2.34. The fourth-order valence-electron chi connectivity index (χ4n) is 1.85. The van der Waals surface area contributed by atoms with Crippen LogP contribution in [0.15, 0.2) is 24.3 Å². The monoisotopic (exact) mass is 177 g/mol. The van der Waals surface area contributed by atoms with Crippen molar-refractivity contribution in [1.29, 1.82) is 0 Å². The number of hydrogen-bond donors (Lipinski definition) is 2. The summed E-state index contributed by atoms with van der Waals surface area (Å²) >= 11 is 0. The summed E-state index contributed by atoms with van der Waals surface area (Å²) < 4.78 is 0. The molecule has 2 unspecified atom stereocenters. The van der Waals surface area contributed by atoms with E-state index in [-0.39, 0.29) is 6.04 Å². The first-order valence-corrected chi connectivity index (χ1v) is 4.28. The summed E-state index contributed by atoms with van der Waals surface area (Å²) in [6, 6.07) is 7.54. The van der Waals surface area contributed by atoms with E-state index in [0.717, 1.165) is 11.1 Å². The first-order chi connectivity index (χ1) is 6.33. The van der Waals surface area contributed by atoms with Gasteiger partial charge in [0.2, 0.25) is 6.41 Å². The van der Waals surface area contributed by atoms with Gasteiger partial charge in [-0.25, -0.2) is 0 Å². The highest BCUT2D eigenvalue weighted by atomic mass is 16.3. The van der Waals surface area contributed by atoms with Crippen molar-refractivity contribution in [2.45, 2.75) is 18.6 Å². The Morgan fingerprint density at radius 1 is 1.46 bits per heavy atom. The van der Waals surface area contributed by atoms with E-state index >= 15 is 0 Å². The smallest absolute Gasteiger partial charge is 0.207 e. The van der Waals surface area contributed by atoms with Gasteiger partial charge in [-0.05, 0) is 11.1 Å². The second kappa shape index (κ2) is 3.18. The van der Waals surface area contributed by atoms with Gasteiger partial charge in [-0.3, -0.25) is 4.79 Å². The topological polar surface area (TPSA) is 49.3 Å². The molecule has 1 amide bonds. The van der Waals surface area contributed by atoms with E-state index in [2.05, 4.69) is 5.32 Å². The van der Waals surface area contributed by atoms with E-state index in [4.69, 9.17) is 0 Å². The Hall–Kier alpha value is -1.35. The van der Waals surface area contributed by atoms with Crippen molar-refractivity contribution in [2.75, 3.05) is 0 Å². The van der Waals surface area contributed by atoms with E-state index in [1.807, 2.05) is 24.3 Å². The number of carbonyl (C=O) groups excluding carboxylic acids is 1. The molecule has 3 nitrogen and oxygen atoms in total. The molecule has 1 aliphatic carbocycles. The normalized spacial score (nSPS) is 25.3.